The van der Waals surface area contributed by atoms with E-state index in [1.807, 2.05) is 6.92 Å². The molecule has 4 heteroatoms. The molecule has 0 aromatic heterocycles. The number of esters is 1. The lowest BCUT2D eigenvalue weighted by Crippen LogP contribution is -2.27. The second kappa shape index (κ2) is 6.12. The molecule has 0 saturated carbocycles. The van der Waals surface area contributed by atoms with Crippen LogP contribution in [0.3, 0.4) is 0 Å². The standard InChI is InChI=1S/C12H16O4/c1-3-11(12(14)15-2)16-10-6-4-5-9(7-10)8-13/h4-7,11,13H,3,8H2,1-2H3/t11-/m1/s1. The van der Waals surface area contributed by atoms with Crippen molar-refractivity contribution in [2.24, 2.45) is 0 Å². The summed E-state index contributed by atoms with van der Waals surface area (Å²) in [6, 6.07) is 6.99. The number of aliphatic hydroxyl groups is 1. The Morgan fingerprint density at radius 1 is 1.50 bits per heavy atom. The molecule has 0 radical (unpaired) electrons. The third-order valence-electron chi connectivity index (χ3n) is 2.19. The summed E-state index contributed by atoms with van der Waals surface area (Å²) < 4.78 is 10.1. The molecule has 1 aromatic rings. The molecule has 0 aliphatic heterocycles. The fraction of sp³-hybridized carbons (Fsp3) is 0.417. The number of rotatable bonds is 5. The minimum Gasteiger partial charge on any atom is -0.479 e. The number of aliphatic hydroxyl groups excluding tert-OH is 1. The van der Waals surface area contributed by atoms with E-state index in [1.54, 1.807) is 24.3 Å². The molecule has 88 valence electrons. The predicted molar refractivity (Wildman–Crippen MR) is 59.1 cm³/mol. The van der Waals surface area contributed by atoms with Crippen molar-refractivity contribution in [1.82, 2.24) is 0 Å². The van der Waals surface area contributed by atoms with Gasteiger partial charge in [-0.15, -0.1) is 0 Å². The van der Waals surface area contributed by atoms with Gasteiger partial charge in [-0.25, -0.2) is 4.79 Å². The van der Waals surface area contributed by atoms with Gasteiger partial charge in [0.15, 0.2) is 6.10 Å². The highest BCUT2D eigenvalue weighted by atomic mass is 16.6. The van der Waals surface area contributed by atoms with E-state index in [2.05, 4.69) is 4.74 Å². The van der Waals surface area contributed by atoms with Crippen molar-refractivity contribution in [3.8, 4) is 5.75 Å². The Morgan fingerprint density at radius 2 is 2.25 bits per heavy atom. The summed E-state index contributed by atoms with van der Waals surface area (Å²) >= 11 is 0. The van der Waals surface area contributed by atoms with Gasteiger partial charge in [-0.3, -0.25) is 0 Å². The van der Waals surface area contributed by atoms with Gasteiger partial charge in [0.1, 0.15) is 5.75 Å². The molecule has 0 fully saturated rings. The van der Waals surface area contributed by atoms with Crippen molar-refractivity contribution in [2.45, 2.75) is 26.1 Å². The van der Waals surface area contributed by atoms with Gasteiger partial charge in [0.05, 0.1) is 13.7 Å². The highest BCUT2D eigenvalue weighted by Crippen LogP contribution is 2.16. The molecule has 4 nitrogen and oxygen atoms in total. The van der Waals surface area contributed by atoms with Gasteiger partial charge in [-0.05, 0) is 24.1 Å². The second-order valence-corrected chi connectivity index (χ2v) is 3.34. The number of ether oxygens (including phenoxy) is 2. The fourth-order valence-corrected chi connectivity index (χ4v) is 1.31. The number of hydrogen-bond acceptors (Lipinski definition) is 4. The number of methoxy groups -OCH3 is 1. The number of carbonyl (C=O) groups is 1. The summed E-state index contributed by atoms with van der Waals surface area (Å²) in [6.45, 7) is 1.80. The minimum absolute atomic E-state index is 0.0494. The molecule has 0 saturated heterocycles. The van der Waals surface area contributed by atoms with E-state index in [9.17, 15) is 4.79 Å². The van der Waals surface area contributed by atoms with Crippen LogP contribution in [0.25, 0.3) is 0 Å². The Labute approximate surface area is 94.8 Å². The average Bonchev–Trinajstić information content (AvgIpc) is 2.35. The first-order chi connectivity index (χ1) is 7.71. The Hall–Kier alpha value is -1.55. The minimum atomic E-state index is -0.598. The largest absolute Gasteiger partial charge is 0.479 e. The van der Waals surface area contributed by atoms with Crippen molar-refractivity contribution in [3.05, 3.63) is 29.8 Å². The molecule has 0 amide bonds. The van der Waals surface area contributed by atoms with Crippen molar-refractivity contribution in [3.63, 3.8) is 0 Å². The van der Waals surface area contributed by atoms with Crippen LogP contribution in [-0.4, -0.2) is 24.3 Å². The average molecular weight is 224 g/mol. The molecule has 0 aliphatic rings. The van der Waals surface area contributed by atoms with E-state index in [-0.39, 0.29) is 6.61 Å². The molecule has 0 heterocycles. The van der Waals surface area contributed by atoms with E-state index >= 15 is 0 Å². The number of carbonyl (C=O) groups excluding carboxylic acids is 1. The molecular weight excluding hydrogens is 208 g/mol. The first-order valence-corrected chi connectivity index (χ1v) is 5.15. The first kappa shape index (κ1) is 12.5. The van der Waals surface area contributed by atoms with Crippen LogP contribution in [0.2, 0.25) is 0 Å². The second-order valence-electron chi connectivity index (χ2n) is 3.34. The van der Waals surface area contributed by atoms with Crippen LogP contribution in [0.15, 0.2) is 24.3 Å². The van der Waals surface area contributed by atoms with E-state index in [1.165, 1.54) is 7.11 Å². The molecule has 0 spiro atoms. The highest BCUT2D eigenvalue weighted by molar-refractivity contribution is 5.74. The van der Waals surface area contributed by atoms with E-state index < -0.39 is 12.1 Å². The van der Waals surface area contributed by atoms with Crippen molar-refractivity contribution >= 4 is 5.97 Å². The van der Waals surface area contributed by atoms with Gasteiger partial charge < -0.3 is 14.6 Å². The van der Waals surface area contributed by atoms with Crippen LogP contribution in [0, 0.1) is 0 Å². The lowest BCUT2D eigenvalue weighted by molar-refractivity contribution is -0.148. The zero-order valence-corrected chi connectivity index (χ0v) is 9.47. The Balaban J connectivity index is 2.73. The summed E-state index contributed by atoms with van der Waals surface area (Å²) in [4.78, 5) is 11.3. The Bertz CT molecular complexity index is 349. The summed E-state index contributed by atoms with van der Waals surface area (Å²) in [5.41, 5.74) is 0.747. The molecule has 1 atom stereocenters. The fourth-order valence-electron chi connectivity index (χ4n) is 1.31. The molecule has 1 N–H and O–H groups in total. The Morgan fingerprint density at radius 3 is 2.81 bits per heavy atom. The van der Waals surface area contributed by atoms with Gasteiger partial charge in [0, 0.05) is 0 Å². The van der Waals surface area contributed by atoms with Crippen molar-refractivity contribution in [1.29, 1.82) is 0 Å². The summed E-state index contributed by atoms with van der Waals surface area (Å²) in [7, 11) is 1.33. The normalized spacial score (nSPS) is 11.9. The van der Waals surface area contributed by atoms with Crippen LogP contribution >= 0.6 is 0 Å². The molecule has 1 rings (SSSR count). The summed E-state index contributed by atoms with van der Waals surface area (Å²) in [5, 5.41) is 8.96. The lowest BCUT2D eigenvalue weighted by Gasteiger charge is -2.15. The molecule has 0 unspecified atom stereocenters. The summed E-state index contributed by atoms with van der Waals surface area (Å²) in [5.74, 6) is 0.167. The van der Waals surface area contributed by atoms with Gasteiger partial charge in [-0.2, -0.15) is 0 Å². The highest BCUT2D eigenvalue weighted by Gasteiger charge is 2.18. The van der Waals surface area contributed by atoms with Crippen molar-refractivity contribution < 1.29 is 19.4 Å². The topological polar surface area (TPSA) is 55.8 Å². The van der Waals surface area contributed by atoms with Gasteiger partial charge in [0.2, 0.25) is 0 Å². The smallest absolute Gasteiger partial charge is 0.347 e. The molecule has 1 aromatic carbocycles. The van der Waals surface area contributed by atoms with Crippen LogP contribution in [0.5, 0.6) is 5.75 Å². The number of hydrogen-bond donors (Lipinski definition) is 1. The van der Waals surface area contributed by atoms with E-state index in [4.69, 9.17) is 9.84 Å². The Kier molecular flexibility index (Phi) is 4.79. The maximum atomic E-state index is 11.3. The quantitative estimate of drug-likeness (QED) is 0.770. The van der Waals surface area contributed by atoms with Crippen molar-refractivity contribution in [2.75, 3.05) is 7.11 Å². The molecule has 0 aliphatic carbocycles. The van der Waals surface area contributed by atoms with E-state index in [0.29, 0.717) is 12.2 Å². The van der Waals surface area contributed by atoms with Crippen LogP contribution in [0.1, 0.15) is 18.9 Å². The van der Waals surface area contributed by atoms with Gasteiger partial charge >= 0.3 is 5.97 Å². The lowest BCUT2D eigenvalue weighted by atomic mass is 10.2. The maximum Gasteiger partial charge on any atom is 0.347 e. The maximum absolute atomic E-state index is 11.3. The first-order valence-electron chi connectivity index (χ1n) is 5.15. The predicted octanol–water partition coefficient (Wildman–Crippen LogP) is 1.51. The zero-order chi connectivity index (χ0) is 12.0. The third-order valence-corrected chi connectivity index (χ3v) is 2.19. The number of benzene rings is 1. The van der Waals surface area contributed by atoms with Crippen LogP contribution < -0.4 is 4.74 Å². The SMILES string of the molecule is CC[C@@H](Oc1cccc(CO)c1)C(=O)OC. The van der Waals surface area contributed by atoms with Crippen LogP contribution in [-0.2, 0) is 16.1 Å². The molecule has 16 heavy (non-hydrogen) atoms. The third kappa shape index (κ3) is 3.24. The van der Waals surface area contributed by atoms with Gasteiger partial charge in [-0.1, -0.05) is 19.1 Å². The molecular formula is C12H16O4. The van der Waals surface area contributed by atoms with Gasteiger partial charge in [0.25, 0.3) is 0 Å². The monoisotopic (exact) mass is 224 g/mol. The zero-order valence-electron chi connectivity index (χ0n) is 9.47. The summed E-state index contributed by atoms with van der Waals surface area (Å²) in [6.07, 6.45) is -0.0605. The van der Waals surface area contributed by atoms with E-state index in [0.717, 1.165) is 5.56 Å². The molecule has 0 bridgehead atoms. The van der Waals surface area contributed by atoms with Crippen LogP contribution in [0.4, 0.5) is 0 Å².